The molecule has 1 fully saturated rings. The van der Waals surface area contributed by atoms with Gasteiger partial charge >= 0.3 is 0 Å². The Morgan fingerprint density at radius 1 is 1.14 bits per heavy atom. The van der Waals surface area contributed by atoms with Gasteiger partial charge in [-0.15, -0.1) is 0 Å². The van der Waals surface area contributed by atoms with Gasteiger partial charge in [0.15, 0.2) is 0 Å². The van der Waals surface area contributed by atoms with Crippen molar-refractivity contribution >= 4 is 11.3 Å². The third kappa shape index (κ3) is 2.44. The lowest BCUT2D eigenvalue weighted by molar-refractivity contribution is 0.610. The molecule has 0 aromatic carbocycles. The number of fused-ring (bicyclic) bond motifs is 2. The highest BCUT2D eigenvalue weighted by atomic mass is 15.3. The average Bonchev–Trinajstić information content (AvgIpc) is 3.28. The van der Waals surface area contributed by atoms with Crippen molar-refractivity contribution in [2.24, 2.45) is 0 Å². The molecule has 140 valence electrons. The fraction of sp³-hybridized carbons (Fsp3) is 0.318. The molecule has 0 amide bonds. The Bertz CT molecular complexity index is 1150. The van der Waals surface area contributed by atoms with Crippen molar-refractivity contribution in [1.82, 2.24) is 24.6 Å². The largest absolute Gasteiger partial charge is 0.348 e. The highest BCUT2D eigenvalue weighted by molar-refractivity contribution is 5.60. The van der Waals surface area contributed by atoms with Crippen LogP contribution in [0.5, 0.6) is 0 Å². The molecule has 1 saturated carbocycles. The predicted molar refractivity (Wildman–Crippen MR) is 108 cm³/mol. The molecular formula is C22H22N6. The fourth-order valence-electron chi connectivity index (χ4n) is 4.38. The van der Waals surface area contributed by atoms with Crippen LogP contribution in [0.3, 0.4) is 0 Å². The van der Waals surface area contributed by atoms with E-state index >= 15 is 0 Å². The average molecular weight is 370 g/mol. The van der Waals surface area contributed by atoms with E-state index in [4.69, 9.17) is 10.1 Å². The summed E-state index contributed by atoms with van der Waals surface area (Å²) >= 11 is 0. The molecule has 0 bridgehead atoms. The quantitative estimate of drug-likeness (QED) is 0.596. The summed E-state index contributed by atoms with van der Waals surface area (Å²) in [6.45, 7) is 2.96. The minimum absolute atomic E-state index is 0.0304. The van der Waals surface area contributed by atoms with Crippen molar-refractivity contribution in [1.29, 1.82) is 0 Å². The topological polar surface area (TPSA) is 62.1 Å². The lowest BCUT2D eigenvalue weighted by atomic mass is 9.99. The number of rotatable bonds is 3. The molecule has 2 aliphatic rings. The normalized spacial score (nSPS) is 19.2. The van der Waals surface area contributed by atoms with Gasteiger partial charge in [0.2, 0.25) is 0 Å². The fourth-order valence-corrected chi connectivity index (χ4v) is 4.38. The first-order valence-corrected chi connectivity index (χ1v) is 9.97. The lowest BCUT2D eigenvalue weighted by Gasteiger charge is -2.34. The number of imidazole rings is 1. The molecular weight excluding hydrogens is 348 g/mol. The van der Waals surface area contributed by atoms with Crippen molar-refractivity contribution in [2.45, 2.75) is 38.1 Å². The van der Waals surface area contributed by atoms with Crippen molar-refractivity contribution in [3.63, 3.8) is 0 Å². The van der Waals surface area contributed by atoms with E-state index < -0.39 is 0 Å². The Balaban J connectivity index is 1.51. The Labute approximate surface area is 163 Å². The van der Waals surface area contributed by atoms with Gasteiger partial charge in [-0.1, -0.05) is 12.1 Å². The molecule has 28 heavy (non-hydrogen) atoms. The summed E-state index contributed by atoms with van der Waals surface area (Å²) in [6, 6.07) is 10.8. The van der Waals surface area contributed by atoms with Crippen LogP contribution in [-0.4, -0.2) is 31.1 Å². The van der Waals surface area contributed by atoms with Crippen LogP contribution < -0.4 is 4.90 Å². The van der Waals surface area contributed by atoms with Crippen LogP contribution in [0.2, 0.25) is 0 Å². The molecule has 4 aromatic rings. The van der Waals surface area contributed by atoms with Gasteiger partial charge in [0.25, 0.3) is 0 Å². The monoisotopic (exact) mass is 370 g/mol. The Morgan fingerprint density at radius 2 is 2.07 bits per heavy atom. The molecule has 1 aliphatic carbocycles. The number of aromatic amines is 1. The summed E-state index contributed by atoms with van der Waals surface area (Å²) in [5.74, 6) is 1.67. The van der Waals surface area contributed by atoms with E-state index in [1.165, 1.54) is 35.2 Å². The van der Waals surface area contributed by atoms with Gasteiger partial charge < -0.3 is 9.88 Å². The molecule has 0 spiro atoms. The minimum atomic E-state index is -0.0304. The second-order valence-electron chi connectivity index (χ2n) is 7.94. The molecule has 1 aliphatic heterocycles. The Morgan fingerprint density at radius 3 is 2.89 bits per heavy atom. The summed E-state index contributed by atoms with van der Waals surface area (Å²) in [4.78, 5) is 15.0. The van der Waals surface area contributed by atoms with Gasteiger partial charge in [0.1, 0.15) is 11.9 Å². The standard InChI is InChI=1S/C22H22N6/c1-14-4-7-20(23-12-14)27-10-8-17-21(25-13-24-17)22(27)18-11-19-16(15-5-6-15)3-2-9-28(19)26-18/h2-4,7,9,11-13,15,22H,5-6,8,10H2,1H3,(H,24,25)/t22-/m1/s1. The van der Waals surface area contributed by atoms with Crippen LogP contribution in [0.15, 0.2) is 49.1 Å². The third-order valence-corrected chi connectivity index (χ3v) is 5.97. The summed E-state index contributed by atoms with van der Waals surface area (Å²) < 4.78 is 2.03. The predicted octanol–water partition coefficient (Wildman–Crippen LogP) is 3.79. The zero-order chi connectivity index (χ0) is 18.7. The van der Waals surface area contributed by atoms with E-state index in [2.05, 4.69) is 52.1 Å². The number of nitrogens with one attached hydrogen (secondary N) is 1. The van der Waals surface area contributed by atoms with E-state index in [1.807, 2.05) is 16.9 Å². The van der Waals surface area contributed by atoms with Gasteiger partial charge in [0.05, 0.1) is 23.2 Å². The van der Waals surface area contributed by atoms with Gasteiger partial charge in [-0.05, 0) is 55.0 Å². The number of H-pyrrole nitrogens is 1. The number of pyridine rings is 2. The van der Waals surface area contributed by atoms with Crippen molar-refractivity contribution in [2.75, 3.05) is 11.4 Å². The summed E-state index contributed by atoms with van der Waals surface area (Å²) in [6.07, 6.45) is 9.28. The molecule has 6 heteroatoms. The van der Waals surface area contributed by atoms with Gasteiger partial charge in [-0.3, -0.25) is 0 Å². The first kappa shape index (κ1) is 15.9. The lowest BCUT2D eigenvalue weighted by Crippen LogP contribution is -2.37. The molecule has 5 heterocycles. The van der Waals surface area contributed by atoms with E-state index in [0.29, 0.717) is 5.92 Å². The Hall–Kier alpha value is -3.15. The molecule has 1 N–H and O–H groups in total. The molecule has 0 saturated heterocycles. The van der Waals surface area contributed by atoms with Crippen LogP contribution in [-0.2, 0) is 6.42 Å². The zero-order valence-electron chi connectivity index (χ0n) is 15.8. The molecule has 1 atom stereocenters. The van der Waals surface area contributed by atoms with Gasteiger partial charge in [-0.25, -0.2) is 14.5 Å². The third-order valence-electron chi connectivity index (χ3n) is 5.97. The number of hydrogen-bond acceptors (Lipinski definition) is 4. The number of nitrogens with zero attached hydrogens (tertiary/aromatic N) is 5. The maximum atomic E-state index is 4.97. The molecule has 0 radical (unpaired) electrons. The van der Waals surface area contributed by atoms with Crippen LogP contribution in [0.1, 0.15) is 53.0 Å². The highest BCUT2D eigenvalue weighted by Crippen LogP contribution is 2.43. The Kier molecular flexibility index (Phi) is 3.36. The summed E-state index contributed by atoms with van der Waals surface area (Å²) in [5, 5.41) is 4.97. The van der Waals surface area contributed by atoms with Crippen LogP contribution in [0, 0.1) is 6.92 Å². The van der Waals surface area contributed by atoms with Crippen LogP contribution in [0.4, 0.5) is 5.82 Å². The van der Waals surface area contributed by atoms with Crippen LogP contribution in [0.25, 0.3) is 5.52 Å². The maximum absolute atomic E-state index is 4.97. The minimum Gasteiger partial charge on any atom is -0.348 e. The first-order valence-electron chi connectivity index (χ1n) is 9.97. The highest BCUT2D eigenvalue weighted by Gasteiger charge is 2.34. The van der Waals surface area contributed by atoms with Crippen molar-refractivity contribution < 1.29 is 0 Å². The zero-order valence-corrected chi connectivity index (χ0v) is 15.8. The number of anilines is 1. The van der Waals surface area contributed by atoms with Crippen molar-refractivity contribution in [3.05, 3.63) is 77.3 Å². The molecule has 6 nitrogen and oxygen atoms in total. The van der Waals surface area contributed by atoms with Crippen LogP contribution >= 0.6 is 0 Å². The van der Waals surface area contributed by atoms with E-state index in [1.54, 1.807) is 6.33 Å². The van der Waals surface area contributed by atoms with E-state index in [-0.39, 0.29) is 6.04 Å². The summed E-state index contributed by atoms with van der Waals surface area (Å²) in [5.41, 5.74) is 7.10. The second-order valence-corrected chi connectivity index (χ2v) is 7.94. The number of hydrogen-bond donors (Lipinski definition) is 1. The van der Waals surface area contributed by atoms with Gasteiger partial charge in [0, 0.05) is 31.1 Å². The second kappa shape index (κ2) is 5.92. The van der Waals surface area contributed by atoms with E-state index in [9.17, 15) is 0 Å². The van der Waals surface area contributed by atoms with Crippen molar-refractivity contribution in [3.8, 4) is 0 Å². The first-order chi connectivity index (χ1) is 13.8. The molecule has 6 rings (SSSR count). The maximum Gasteiger partial charge on any atom is 0.129 e. The summed E-state index contributed by atoms with van der Waals surface area (Å²) in [7, 11) is 0. The number of aryl methyl sites for hydroxylation is 1. The SMILES string of the molecule is Cc1ccc(N2CCc3[nH]cnc3[C@H]2c2cc3c(C4CC4)cccn3n2)nc1. The molecule has 4 aromatic heterocycles. The van der Waals surface area contributed by atoms with E-state index in [0.717, 1.165) is 30.2 Å². The molecule has 0 unspecified atom stereocenters. The number of aromatic nitrogens is 5. The van der Waals surface area contributed by atoms with Gasteiger partial charge in [-0.2, -0.15) is 5.10 Å². The smallest absolute Gasteiger partial charge is 0.129 e.